The van der Waals surface area contributed by atoms with E-state index in [0.717, 1.165) is 12.1 Å². The van der Waals surface area contributed by atoms with E-state index >= 15 is 0 Å². The SMILES string of the molecule is CSCc1cc(C(=O)NC(CCO)c2cccc(C(F)(F)F)c2)ccc1F. The fraction of sp³-hybridized carbons (Fsp3) is 0.316. The second-order valence-corrected chi connectivity index (χ2v) is 6.77. The number of nitrogens with one attached hydrogen (secondary N) is 1. The smallest absolute Gasteiger partial charge is 0.396 e. The van der Waals surface area contributed by atoms with Crippen molar-refractivity contribution in [2.24, 2.45) is 0 Å². The summed E-state index contributed by atoms with van der Waals surface area (Å²) in [6, 6.07) is 7.72. The summed E-state index contributed by atoms with van der Waals surface area (Å²) < 4.78 is 52.5. The number of hydrogen-bond donors (Lipinski definition) is 2. The summed E-state index contributed by atoms with van der Waals surface area (Å²) in [4.78, 5) is 12.5. The van der Waals surface area contributed by atoms with Gasteiger partial charge in [-0.05, 0) is 54.1 Å². The second-order valence-electron chi connectivity index (χ2n) is 5.90. The van der Waals surface area contributed by atoms with Gasteiger partial charge in [0.2, 0.25) is 0 Å². The van der Waals surface area contributed by atoms with Gasteiger partial charge in [0.05, 0.1) is 11.6 Å². The highest BCUT2D eigenvalue weighted by Crippen LogP contribution is 2.31. The normalized spacial score (nSPS) is 12.7. The summed E-state index contributed by atoms with van der Waals surface area (Å²) in [5.74, 6) is -0.584. The van der Waals surface area contributed by atoms with Crippen molar-refractivity contribution in [2.75, 3.05) is 12.9 Å². The van der Waals surface area contributed by atoms with Crippen LogP contribution < -0.4 is 5.32 Å². The molecule has 0 radical (unpaired) electrons. The number of aliphatic hydroxyl groups is 1. The van der Waals surface area contributed by atoms with Crippen LogP contribution in [0.1, 0.15) is 39.5 Å². The molecule has 2 N–H and O–H groups in total. The predicted molar refractivity (Wildman–Crippen MR) is 97.0 cm³/mol. The molecule has 0 aromatic heterocycles. The zero-order valence-electron chi connectivity index (χ0n) is 14.5. The Morgan fingerprint density at radius 1 is 1.22 bits per heavy atom. The Hall–Kier alpha value is -2.06. The number of alkyl halides is 3. The lowest BCUT2D eigenvalue weighted by Gasteiger charge is -2.20. The third-order valence-corrected chi connectivity index (χ3v) is 4.55. The van der Waals surface area contributed by atoms with E-state index in [-0.39, 0.29) is 24.2 Å². The van der Waals surface area contributed by atoms with Crippen LogP contribution in [0.25, 0.3) is 0 Å². The lowest BCUT2D eigenvalue weighted by atomic mass is 10.0. The average Bonchev–Trinajstić information content (AvgIpc) is 2.62. The zero-order valence-corrected chi connectivity index (χ0v) is 15.3. The molecule has 0 aliphatic carbocycles. The van der Waals surface area contributed by atoms with E-state index < -0.39 is 29.5 Å². The number of carbonyl (C=O) groups is 1. The van der Waals surface area contributed by atoms with Gasteiger partial charge in [-0.25, -0.2) is 4.39 Å². The summed E-state index contributed by atoms with van der Waals surface area (Å²) in [5, 5.41) is 11.9. The van der Waals surface area contributed by atoms with Crippen LogP contribution in [0, 0.1) is 5.82 Å². The Morgan fingerprint density at radius 2 is 1.96 bits per heavy atom. The molecule has 0 saturated carbocycles. The largest absolute Gasteiger partial charge is 0.416 e. The Labute approximate surface area is 158 Å². The minimum absolute atomic E-state index is 0.0475. The molecule has 0 spiro atoms. The van der Waals surface area contributed by atoms with Crippen LogP contribution in [-0.4, -0.2) is 23.9 Å². The first-order valence-electron chi connectivity index (χ1n) is 8.12. The first-order chi connectivity index (χ1) is 12.8. The number of rotatable bonds is 7. The van der Waals surface area contributed by atoms with Crippen molar-refractivity contribution in [1.82, 2.24) is 5.32 Å². The molecular weight excluding hydrogens is 382 g/mol. The third kappa shape index (κ3) is 5.71. The number of benzene rings is 2. The van der Waals surface area contributed by atoms with E-state index in [0.29, 0.717) is 11.3 Å². The maximum atomic E-state index is 13.7. The fourth-order valence-corrected chi connectivity index (χ4v) is 3.14. The van der Waals surface area contributed by atoms with Crippen molar-refractivity contribution in [1.29, 1.82) is 0 Å². The number of aliphatic hydroxyl groups excluding tert-OH is 1. The van der Waals surface area contributed by atoms with Crippen molar-refractivity contribution >= 4 is 17.7 Å². The molecule has 146 valence electrons. The molecule has 1 amide bonds. The molecule has 1 atom stereocenters. The van der Waals surface area contributed by atoms with Gasteiger partial charge in [-0.2, -0.15) is 24.9 Å². The van der Waals surface area contributed by atoms with Crippen LogP contribution in [0.4, 0.5) is 17.6 Å². The van der Waals surface area contributed by atoms with Crippen LogP contribution in [0.15, 0.2) is 42.5 Å². The molecule has 0 aliphatic rings. The Morgan fingerprint density at radius 3 is 2.59 bits per heavy atom. The quantitative estimate of drug-likeness (QED) is 0.669. The fourth-order valence-electron chi connectivity index (χ4n) is 2.61. The molecule has 2 aromatic rings. The van der Waals surface area contributed by atoms with E-state index in [1.54, 1.807) is 6.26 Å². The van der Waals surface area contributed by atoms with Crippen molar-refractivity contribution < 1.29 is 27.5 Å². The lowest BCUT2D eigenvalue weighted by Crippen LogP contribution is -2.29. The molecule has 0 saturated heterocycles. The van der Waals surface area contributed by atoms with E-state index in [1.807, 2.05) is 0 Å². The summed E-state index contributed by atoms with van der Waals surface area (Å²) >= 11 is 1.40. The number of amides is 1. The molecule has 8 heteroatoms. The first kappa shape index (κ1) is 21.2. The van der Waals surface area contributed by atoms with Gasteiger partial charge >= 0.3 is 6.18 Å². The number of carbonyl (C=O) groups excluding carboxylic acids is 1. The van der Waals surface area contributed by atoms with Crippen LogP contribution in [0.2, 0.25) is 0 Å². The van der Waals surface area contributed by atoms with Crippen molar-refractivity contribution in [3.63, 3.8) is 0 Å². The van der Waals surface area contributed by atoms with E-state index in [1.165, 1.54) is 42.1 Å². The monoisotopic (exact) mass is 401 g/mol. The molecule has 2 aromatic carbocycles. The van der Waals surface area contributed by atoms with E-state index in [2.05, 4.69) is 5.32 Å². The lowest BCUT2D eigenvalue weighted by molar-refractivity contribution is -0.137. The van der Waals surface area contributed by atoms with Gasteiger partial charge in [0.25, 0.3) is 5.91 Å². The van der Waals surface area contributed by atoms with Crippen molar-refractivity contribution in [3.05, 3.63) is 70.5 Å². The molecule has 0 aliphatic heterocycles. The van der Waals surface area contributed by atoms with Crippen molar-refractivity contribution in [3.8, 4) is 0 Å². The van der Waals surface area contributed by atoms with Crippen LogP contribution in [-0.2, 0) is 11.9 Å². The molecule has 3 nitrogen and oxygen atoms in total. The summed E-state index contributed by atoms with van der Waals surface area (Å²) in [6.45, 7) is -0.317. The molecule has 2 rings (SSSR count). The third-order valence-electron chi connectivity index (χ3n) is 3.95. The number of halogens is 4. The molecule has 0 fully saturated rings. The molecule has 1 unspecified atom stereocenters. The minimum atomic E-state index is -4.51. The van der Waals surface area contributed by atoms with Crippen molar-refractivity contribution in [2.45, 2.75) is 24.4 Å². The Balaban J connectivity index is 2.26. The molecule has 27 heavy (non-hydrogen) atoms. The van der Waals surface area contributed by atoms with Gasteiger partial charge in [-0.15, -0.1) is 0 Å². The van der Waals surface area contributed by atoms with Gasteiger partial charge in [-0.1, -0.05) is 12.1 Å². The summed E-state index contributed by atoms with van der Waals surface area (Å²) in [5.41, 5.74) is -0.0248. The number of thioether (sulfide) groups is 1. The van der Waals surface area contributed by atoms with Crippen LogP contribution in [0.3, 0.4) is 0 Å². The van der Waals surface area contributed by atoms with E-state index in [9.17, 15) is 27.5 Å². The molecular formula is C19H19F4NO2S. The number of hydrogen-bond acceptors (Lipinski definition) is 3. The van der Waals surface area contributed by atoms with Gasteiger partial charge < -0.3 is 10.4 Å². The Kier molecular flexibility index (Phi) is 7.26. The van der Waals surface area contributed by atoms with E-state index in [4.69, 9.17) is 0 Å². The van der Waals surface area contributed by atoms with Gasteiger partial charge in [-0.3, -0.25) is 4.79 Å². The summed E-state index contributed by atoms with van der Waals surface area (Å²) in [7, 11) is 0. The maximum absolute atomic E-state index is 13.7. The van der Waals surface area contributed by atoms with Crippen LogP contribution in [0.5, 0.6) is 0 Å². The molecule has 0 bridgehead atoms. The van der Waals surface area contributed by atoms with Gasteiger partial charge in [0.1, 0.15) is 5.82 Å². The molecule has 0 heterocycles. The topological polar surface area (TPSA) is 49.3 Å². The maximum Gasteiger partial charge on any atom is 0.416 e. The minimum Gasteiger partial charge on any atom is -0.396 e. The average molecular weight is 401 g/mol. The van der Waals surface area contributed by atoms with Gasteiger partial charge in [0, 0.05) is 17.9 Å². The predicted octanol–water partition coefficient (Wildman–Crippen LogP) is 4.56. The summed E-state index contributed by atoms with van der Waals surface area (Å²) in [6.07, 6.45) is -2.66. The highest BCUT2D eigenvalue weighted by Gasteiger charge is 2.31. The Bertz CT molecular complexity index is 796. The highest BCUT2D eigenvalue weighted by molar-refractivity contribution is 7.97. The highest BCUT2D eigenvalue weighted by atomic mass is 32.2. The standard InChI is InChI=1S/C19H19F4NO2S/c1-27-11-14-9-13(5-6-16(14)20)18(26)24-17(7-8-25)12-3-2-4-15(10-12)19(21,22)23/h2-6,9-10,17,25H,7-8,11H2,1H3,(H,24,26). The first-order valence-corrected chi connectivity index (χ1v) is 9.52. The van der Waals surface area contributed by atoms with Gasteiger partial charge in [0.15, 0.2) is 0 Å². The zero-order chi connectivity index (χ0) is 20.0. The van der Waals surface area contributed by atoms with Crippen LogP contribution >= 0.6 is 11.8 Å². The second kappa shape index (κ2) is 9.23.